The highest BCUT2D eigenvalue weighted by atomic mass is 32.1. The van der Waals surface area contributed by atoms with E-state index in [0.717, 1.165) is 11.1 Å². The van der Waals surface area contributed by atoms with Crippen molar-refractivity contribution in [1.29, 1.82) is 0 Å². The minimum atomic E-state index is -0.447. The van der Waals surface area contributed by atoms with Crippen LogP contribution in [0.4, 0.5) is 5.00 Å². The van der Waals surface area contributed by atoms with Crippen LogP contribution in [0.25, 0.3) is 11.1 Å². The molecule has 1 aromatic heterocycles. The van der Waals surface area contributed by atoms with E-state index in [1.165, 1.54) is 18.4 Å². The molecule has 1 fully saturated rings. The van der Waals surface area contributed by atoms with Crippen LogP contribution in [0.1, 0.15) is 23.2 Å². The lowest BCUT2D eigenvalue weighted by Gasteiger charge is -2.21. The minimum Gasteiger partial charge on any atom is -0.465 e. The Balaban J connectivity index is 1.89. The van der Waals surface area contributed by atoms with Crippen LogP contribution < -0.4 is 5.32 Å². The van der Waals surface area contributed by atoms with Crippen LogP contribution in [-0.4, -0.2) is 32.2 Å². The molecule has 0 saturated carbocycles. The lowest BCUT2D eigenvalue weighted by molar-refractivity contribution is -0.122. The third kappa shape index (κ3) is 3.49. The number of benzene rings is 1. The molecule has 2 heterocycles. The summed E-state index contributed by atoms with van der Waals surface area (Å²) in [6, 6.07) is 9.60. The number of carbonyl (C=O) groups is 2. The number of thiophene rings is 1. The average Bonchev–Trinajstić information content (AvgIpc) is 3.06. The summed E-state index contributed by atoms with van der Waals surface area (Å²) in [6.07, 6.45) is 1.41. The maximum atomic E-state index is 12.5. The molecule has 1 amide bonds. The quantitative estimate of drug-likeness (QED) is 0.861. The molecule has 1 saturated heterocycles. The summed E-state index contributed by atoms with van der Waals surface area (Å²) in [5, 5.41) is 5.32. The van der Waals surface area contributed by atoms with Gasteiger partial charge in [-0.25, -0.2) is 4.79 Å². The van der Waals surface area contributed by atoms with Gasteiger partial charge in [-0.15, -0.1) is 11.3 Å². The zero-order valence-electron chi connectivity index (χ0n) is 13.4. The molecule has 0 unspecified atom stereocenters. The van der Waals surface area contributed by atoms with Gasteiger partial charge in [0, 0.05) is 30.1 Å². The van der Waals surface area contributed by atoms with E-state index in [-0.39, 0.29) is 11.8 Å². The Bertz CT molecular complexity index is 720. The highest BCUT2D eigenvalue weighted by Crippen LogP contribution is 2.36. The lowest BCUT2D eigenvalue weighted by Crippen LogP contribution is -2.28. The van der Waals surface area contributed by atoms with Crippen molar-refractivity contribution in [2.24, 2.45) is 5.92 Å². The van der Waals surface area contributed by atoms with E-state index in [1.54, 1.807) is 0 Å². The fraction of sp³-hybridized carbons (Fsp3) is 0.333. The standard InChI is InChI=1S/C18H19NO4S/c1-22-18(21)15-14(12-5-3-2-4-6-12)11-24-17(15)19-16(20)13-7-9-23-10-8-13/h2-6,11,13H,7-10H2,1H3,(H,19,20). The molecule has 1 aliphatic rings. The number of carbonyl (C=O) groups excluding carboxylic acids is 2. The van der Waals surface area contributed by atoms with Crippen molar-refractivity contribution in [3.05, 3.63) is 41.3 Å². The third-order valence-electron chi connectivity index (χ3n) is 4.09. The molecule has 0 atom stereocenters. The number of amides is 1. The number of hydrogen-bond acceptors (Lipinski definition) is 5. The Morgan fingerprint density at radius 1 is 1.21 bits per heavy atom. The first-order valence-electron chi connectivity index (χ1n) is 7.84. The van der Waals surface area contributed by atoms with Crippen LogP contribution in [0.5, 0.6) is 0 Å². The van der Waals surface area contributed by atoms with Crippen molar-refractivity contribution in [3.63, 3.8) is 0 Å². The van der Waals surface area contributed by atoms with Crippen molar-refractivity contribution in [2.45, 2.75) is 12.8 Å². The van der Waals surface area contributed by atoms with Gasteiger partial charge in [-0.1, -0.05) is 30.3 Å². The van der Waals surface area contributed by atoms with E-state index < -0.39 is 5.97 Å². The summed E-state index contributed by atoms with van der Waals surface area (Å²) in [7, 11) is 1.35. The Morgan fingerprint density at radius 3 is 2.58 bits per heavy atom. The summed E-state index contributed by atoms with van der Waals surface area (Å²) in [4.78, 5) is 24.7. The van der Waals surface area contributed by atoms with Crippen LogP contribution in [0, 0.1) is 5.92 Å². The number of ether oxygens (including phenoxy) is 2. The maximum absolute atomic E-state index is 12.5. The van der Waals surface area contributed by atoms with Gasteiger partial charge in [-0.2, -0.15) is 0 Å². The zero-order valence-corrected chi connectivity index (χ0v) is 14.2. The van der Waals surface area contributed by atoms with Gasteiger partial charge in [0.15, 0.2) is 0 Å². The molecule has 126 valence electrons. The van der Waals surface area contributed by atoms with Gasteiger partial charge < -0.3 is 14.8 Å². The second-order valence-corrected chi connectivity index (χ2v) is 6.47. The van der Waals surface area contributed by atoms with Gasteiger partial charge in [-0.05, 0) is 18.4 Å². The second-order valence-electron chi connectivity index (χ2n) is 5.59. The summed E-state index contributed by atoms with van der Waals surface area (Å²) in [5.41, 5.74) is 2.10. The van der Waals surface area contributed by atoms with Gasteiger partial charge in [0.1, 0.15) is 10.6 Å². The first-order valence-corrected chi connectivity index (χ1v) is 8.72. The van der Waals surface area contributed by atoms with Crippen LogP contribution in [0.2, 0.25) is 0 Å². The van der Waals surface area contributed by atoms with E-state index in [2.05, 4.69) is 5.32 Å². The molecule has 0 bridgehead atoms. The molecular weight excluding hydrogens is 326 g/mol. The normalized spacial score (nSPS) is 15.0. The SMILES string of the molecule is COC(=O)c1c(-c2ccccc2)csc1NC(=O)C1CCOCC1. The fourth-order valence-electron chi connectivity index (χ4n) is 2.76. The van der Waals surface area contributed by atoms with Crippen LogP contribution in [0.15, 0.2) is 35.7 Å². The highest BCUT2D eigenvalue weighted by molar-refractivity contribution is 7.15. The molecule has 1 N–H and O–H groups in total. The first-order chi connectivity index (χ1) is 11.7. The number of methoxy groups -OCH3 is 1. The van der Waals surface area contributed by atoms with Gasteiger partial charge in [0.25, 0.3) is 0 Å². The minimum absolute atomic E-state index is 0.0649. The molecule has 5 nitrogen and oxygen atoms in total. The molecule has 1 aromatic carbocycles. The summed E-state index contributed by atoms with van der Waals surface area (Å²) in [5.74, 6) is -0.589. The van der Waals surface area contributed by atoms with Crippen molar-refractivity contribution < 1.29 is 19.1 Å². The maximum Gasteiger partial charge on any atom is 0.341 e. The Morgan fingerprint density at radius 2 is 1.92 bits per heavy atom. The van der Waals surface area contributed by atoms with E-state index in [0.29, 0.717) is 36.6 Å². The predicted molar refractivity (Wildman–Crippen MR) is 93.3 cm³/mol. The summed E-state index contributed by atoms with van der Waals surface area (Å²) < 4.78 is 10.2. The number of nitrogens with one attached hydrogen (secondary N) is 1. The summed E-state index contributed by atoms with van der Waals surface area (Å²) >= 11 is 1.34. The molecular formula is C18H19NO4S. The second kappa shape index (κ2) is 7.59. The molecule has 2 aromatic rings. The fourth-order valence-corrected chi connectivity index (χ4v) is 3.72. The monoisotopic (exact) mass is 345 g/mol. The van der Waals surface area contributed by atoms with Crippen molar-refractivity contribution >= 4 is 28.2 Å². The number of anilines is 1. The highest BCUT2D eigenvalue weighted by Gasteiger charge is 2.26. The third-order valence-corrected chi connectivity index (χ3v) is 4.99. The smallest absolute Gasteiger partial charge is 0.341 e. The Kier molecular flexibility index (Phi) is 5.27. The van der Waals surface area contributed by atoms with Gasteiger partial charge in [0.2, 0.25) is 5.91 Å². The average molecular weight is 345 g/mol. The molecule has 0 aliphatic carbocycles. The lowest BCUT2D eigenvalue weighted by atomic mass is 9.99. The molecule has 0 spiro atoms. The predicted octanol–water partition coefficient (Wildman–Crippen LogP) is 3.57. The molecule has 3 rings (SSSR count). The van der Waals surface area contributed by atoms with Crippen molar-refractivity contribution in [1.82, 2.24) is 0 Å². The summed E-state index contributed by atoms with van der Waals surface area (Å²) in [6.45, 7) is 1.20. The van der Waals surface area contributed by atoms with E-state index in [9.17, 15) is 9.59 Å². The number of hydrogen-bond donors (Lipinski definition) is 1. The molecule has 24 heavy (non-hydrogen) atoms. The van der Waals surface area contributed by atoms with Crippen LogP contribution >= 0.6 is 11.3 Å². The molecule has 0 radical (unpaired) electrons. The molecule has 1 aliphatic heterocycles. The van der Waals surface area contributed by atoms with Crippen molar-refractivity contribution in [3.8, 4) is 11.1 Å². The Hall–Kier alpha value is -2.18. The zero-order chi connectivity index (χ0) is 16.9. The van der Waals surface area contributed by atoms with Gasteiger partial charge in [0.05, 0.1) is 7.11 Å². The number of rotatable bonds is 4. The van der Waals surface area contributed by atoms with E-state index >= 15 is 0 Å². The topological polar surface area (TPSA) is 64.6 Å². The van der Waals surface area contributed by atoms with Crippen molar-refractivity contribution in [2.75, 3.05) is 25.6 Å². The Labute approximate surface area is 144 Å². The van der Waals surface area contributed by atoms with Gasteiger partial charge in [-0.3, -0.25) is 4.79 Å². The largest absolute Gasteiger partial charge is 0.465 e. The molecule has 6 heteroatoms. The van der Waals surface area contributed by atoms with Gasteiger partial charge >= 0.3 is 5.97 Å². The van der Waals surface area contributed by atoms with E-state index in [1.807, 2.05) is 35.7 Å². The first kappa shape index (κ1) is 16.7. The van der Waals surface area contributed by atoms with E-state index in [4.69, 9.17) is 9.47 Å². The van der Waals surface area contributed by atoms with Crippen LogP contribution in [-0.2, 0) is 14.3 Å². The van der Waals surface area contributed by atoms with Crippen LogP contribution in [0.3, 0.4) is 0 Å². The number of esters is 1.